The molecule has 0 bridgehead atoms. The first kappa shape index (κ1) is 12.3. The van der Waals surface area contributed by atoms with Gasteiger partial charge >= 0.3 is 0 Å². The van der Waals surface area contributed by atoms with Gasteiger partial charge in [0.15, 0.2) is 0 Å². The van der Waals surface area contributed by atoms with Crippen molar-refractivity contribution >= 4 is 17.1 Å². The van der Waals surface area contributed by atoms with E-state index in [9.17, 15) is 4.79 Å². The van der Waals surface area contributed by atoms with E-state index in [0.717, 1.165) is 6.29 Å². The highest BCUT2D eigenvalue weighted by Crippen LogP contribution is 2.22. The molecule has 0 fully saturated rings. The summed E-state index contributed by atoms with van der Waals surface area (Å²) in [6, 6.07) is 16.4. The predicted octanol–water partition coefficient (Wildman–Crippen LogP) is 3.50. The van der Waals surface area contributed by atoms with Crippen molar-refractivity contribution in [2.45, 2.75) is 19.3 Å². The Hall–Kier alpha value is -2.14. The summed E-state index contributed by atoms with van der Waals surface area (Å²) >= 11 is 0. The van der Waals surface area contributed by atoms with Crippen molar-refractivity contribution in [3.8, 4) is 6.07 Å². The molecule has 0 aromatic heterocycles. The first-order chi connectivity index (χ1) is 8.85. The van der Waals surface area contributed by atoms with Crippen LogP contribution in [0.1, 0.15) is 18.4 Å². The minimum absolute atomic E-state index is 0.0598. The standard InChI is InChI=1S/C16H15NO/c17-10-4-5-13(12-18)11-15-8-3-7-14-6-1-2-9-16(14)15/h1-3,6-9,12-13H,4-5,11H2. The van der Waals surface area contributed by atoms with Crippen LogP contribution in [0.4, 0.5) is 0 Å². The fourth-order valence-electron chi connectivity index (χ4n) is 2.22. The summed E-state index contributed by atoms with van der Waals surface area (Å²) in [7, 11) is 0. The fourth-order valence-corrected chi connectivity index (χ4v) is 2.22. The maximum atomic E-state index is 11.0. The smallest absolute Gasteiger partial charge is 0.123 e. The van der Waals surface area contributed by atoms with Gasteiger partial charge in [0.1, 0.15) is 6.29 Å². The minimum Gasteiger partial charge on any atom is -0.303 e. The van der Waals surface area contributed by atoms with Crippen LogP contribution in [-0.4, -0.2) is 6.29 Å². The van der Waals surface area contributed by atoms with Crippen LogP contribution < -0.4 is 0 Å². The first-order valence-electron chi connectivity index (χ1n) is 6.14. The monoisotopic (exact) mass is 237 g/mol. The molecular weight excluding hydrogens is 222 g/mol. The second-order valence-electron chi connectivity index (χ2n) is 4.44. The van der Waals surface area contributed by atoms with Gasteiger partial charge in [-0.05, 0) is 29.2 Å². The van der Waals surface area contributed by atoms with Crippen LogP contribution >= 0.6 is 0 Å². The van der Waals surface area contributed by atoms with E-state index in [2.05, 4.69) is 30.3 Å². The molecule has 2 nitrogen and oxygen atoms in total. The average molecular weight is 237 g/mol. The van der Waals surface area contributed by atoms with Crippen molar-refractivity contribution in [2.75, 3.05) is 0 Å². The molecule has 1 atom stereocenters. The Kier molecular flexibility index (Phi) is 4.09. The van der Waals surface area contributed by atoms with Gasteiger partial charge in [-0.15, -0.1) is 0 Å². The molecule has 2 aromatic carbocycles. The summed E-state index contributed by atoms with van der Waals surface area (Å²) < 4.78 is 0. The van der Waals surface area contributed by atoms with Gasteiger partial charge < -0.3 is 4.79 Å². The maximum absolute atomic E-state index is 11.0. The van der Waals surface area contributed by atoms with Crippen LogP contribution in [0.2, 0.25) is 0 Å². The van der Waals surface area contributed by atoms with Gasteiger partial charge in [0.2, 0.25) is 0 Å². The highest BCUT2D eigenvalue weighted by atomic mass is 16.1. The van der Waals surface area contributed by atoms with Crippen molar-refractivity contribution in [2.24, 2.45) is 5.92 Å². The van der Waals surface area contributed by atoms with Gasteiger partial charge in [0, 0.05) is 12.3 Å². The molecule has 2 aromatic rings. The average Bonchev–Trinajstić information content (AvgIpc) is 2.43. The van der Waals surface area contributed by atoms with Gasteiger partial charge in [-0.25, -0.2) is 0 Å². The molecule has 0 heterocycles. The molecule has 0 radical (unpaired) electrons. The Morgan fingerprint density at radius 2 is 1.94 bits per heavy atom. The lowest BCUT2D eigenvalue weighted by atomic mass is 9.93. The van der Waals surface area contributed by atoms with Gasteiger partial charge in [-0.1, -0.05) is 42.5 Å². The van der Waals surface area contributed by atoms with E-state index in [1.54, 1.807) is 0 Å². The molecule has 0 aliphatic carbocycles. The zero-order valence-corrected chi connectivity index (χ0v) is 10.2. The number of fused-ring (bicyclic) bond motifs is 1. The number of nitriles is 1. The Balaban J connectivity index is 2.25. The molecule has 18 heavy (non-hydrogen) atoms. The van der Waals surface area contributed by atoms with Crippen molar-refractivity contribution in [3.05, 3.63) is 48.0 Å². The van der Waals surface area contributed by atoms with Gasteiger partial charge in [-0.3, -0.25) is 0 Å². The van der Waals surface area contributed by atoms with Crippen LogP contribution in [0.15, 0.2) is 42.5 Å². The number of nitrogens with zero attached hydrogens (tertiary/aromatic N) is 1. The van der Waals surface area contributed by atoms with E-state index < -0.39 is 0 Å². The largest absolute Gasteiger partial charge is 0.303 e. The second kappa shape index (κ2) is 5.97. The molecule has 0 aliphatic rings. The predicted molar refractivity (Wildman–Crippen MR) is 72.1 cm³/mol. The van der Waals surface area contributed by atoms with Gasteiger partial charge in [0.25, 0.3) is 0 Å². The van der Waals surface area contributed by atoms with E-state index in [1.165, 1.54) is 16.3 Å². The molecule has 0 aliphatic heterocycles. The number of benzene rings is 2. The summed E-state index contributed by atoms with van der Waals surface area (Å²) in [4.78, 5) is 11.0. The van der Waals surface area contributed by atoms with Crippen molar-refractivity contribution in [1.82, 2.24) is 0 Å². The van der Waals surface area contributed by atoms with E-state index >= 15 is 0 Å². The number of rotatable bonds is 5. The Labute approximate surface area is 107 Å². The van der Waals surface area contributed by atoms with Crippen LogP contribution in [-0.2, 0) is 11.2 Å². The summed E-state index contributed by atoms with van der Waals surface area (Å²) in [5, 5.41) is 11.0. The molecule has 90 valence electrons. The van der Waals surface area contributed by atoms with Gasteiger partial charge in [0.05, 0.1) is 6.07 Å². The van der Waals surface area contributed by atoms with E-state index in [4.69, 9.17) is 5.26 Å². The normalized spacial score (nSPS) is 11.9. The molecule has 0 spiro atoms. The Morgan fingerprint density at radius 3 is 2.72 bits per heavy atom. The molecular formula is C16H15NO. The molecule has 0 saturated carbocycles. The fraction of sp³-hybridized carbons (Fsp3) is 0.250. The SMILES string of the molecule is N#CCCC(C=O)Cc1cccc2ccccc12. The minimum atomic E-state index is -0.0598. The molecule has 0 amide bonds. The molecule has 0 N–H and O–H groups in total. The van der Waals surface area contributed by atoms with Crippen molar-refractivity contribution < 1.29 is 4.79 Å². The Morgan fingerprint density at radius 1 is 1.17 bits per heavy atom. The van der Waals surface area contributed by atoms with E-state index in [1.807, 2.05) is 18.2 Å². The molecule has 2 heteroatoms. The zero-order chi connectivity index (χ0) is 12.8. The number of hydrogen-bond donors (Lipinski definition) is 0. The summed E-state index contributed by atoms with van der Waals surface area (Å²) in [6.45, 7) is 0. The third kappa shape index (κ3) is 2.75. The second-order valence-corrected chi connectivity index (χ2v) is 4.44. The maximum Gasteiger partial charge on any atom is 0.123 e. The number of hydrogen-bond acceptors (Lipinski definition) is 2. The lowest BCUT2D eigenvalue weighted by Crippen LogP contribution is -2.06. The number of carbonyl (C=O) groups is 1. The van der Waals surface area contributed by atoms with Crippen LogP contribution in [0, 0.1) is 17.2 Å². The highest BCUT2D eigenvalue weighted by Gasteiger charge is 2.10. The number of aldehydes is 1. The lowest BCUT2D eigenvalue weighted by Gasteiger charge is -2.10. The summed E-state index contributed by atoms with van der Waals surface area (Å²) in [5.41, 5.74) is 1.18. The van der Waals surface area contributed by atoms with Crippen LogP contribution in [0.5, 0.6) is 0 Å². The van der Waals surface area contributed by atoms with Crippen LogP contribution in [0.25, 0.3) is 10.8 Å². The zero-order valence-electron chi connectivity index (χ0n) is 10.2. The molecule has 0 saturated heterocycles. The summed E-state index contributed by atoms with van der Waals surface area (Å²) in [6.07, 6.45) is 2.77. The third-order valence-electron chi connectivity index (χ3n) is 3.18. The highest BCUT2D eigenvalue weighted by molar-refractivity contribution is 5.85. The van der Waals surface area contributed by atoms with Crippen LogP contribution in [0.3, 0.4) is 0 Å². The molecule has 2 rings (SSSR count). The Bertz CT molecular complexity index is 578. The summed E-state index contributed by atoms with van der Waals surface area (Å²) in [5.74, 6) is -0.0598. The van der Waals surface area contributed by atoms with Gasteiger partial charge in [-0.2, -0.15) is 5.26 Å². The quantitative estimate of drug-likeness (QED) is 0.747. The van der Waals surface area contributed by atoms with Crippen molar-refractivity contribution in [1.29, 1.82) is 5.26 Å². The first-order valence-corrected chi connectivity index (χ1v) is 6.14. The van der Waals surface area contributed by atoms with E-state index in [0.29, 0.717) is 19.3 Å². The number of carbonyl (C=O) groups excluding carboxylic acids is 1. The van der Waals surface area contributed by atoms with Crippen molar-refractivity contribution in [3.63, 3.8) is 0 Å². The lowest BCUT2D eigenvalue weighted by molar-refractivity contribution is -0.111. The molecule has 1 unspecified atom stereocenters. The van der Waals surface area contributed by atoms with E-state index in [-0.39, 0.29) is 5.92 Å². The third-order valence-corrected chi connectivity index (χ3v) is 3.18. The topological polar surface area (TPSA) is 40.9 Å².